The van der Waals surface area contributed by atoms with Crippen LogP contribution in [0.2, 0.25) is 0 Å². The minimum Gasteiger partial charge on any atom is -0.491 e. The SMILES string of the molecule is O=c1oc2cc(OC[C@@H](O)CN3CCN(c4ccc(F)cc4)CC3)ccc2c2c1CCC2. The number of anilines is 1. The Kier molecular flexibility index (Phi) is 5.85. The fraction of sp³-hybridized carbons (Fsp3) is 0.400. The molecule has 32 heavy (non-hydrogen) atoms. The molecule has 5 rings (SSSR count). The van der Waals surface area contributed by atoms with Crippen molar-refractivity contribution in [2.24, 2.45) is 0 Å². The monoisotopic (exact) mass is 438 g/mol. The molecule has 2 heterocycles. The van der Waals surface area contributed by atoms with Crippen molar-refractivity contribution in [2.75, 3.05) is 44.2 Å². The molecule has 0 radical (unpaired) electrons. The molecular formula is C25H27FN2O4. The van der Waals surface area contributed by atoms with Crippen molar-refractivity contribution in [1.82, 2.24) is 4.90 Å². The standard InChI is InChI=1S/C25H27FN2O4/c26-17-4-6-18(7-5-17)28-12-10-27(11-13-28)15-19(29)16-31-20-8-9-22-21-2-1-3-23(21)25(30)32-24(22)14-20/h4-9,14,19,29H,1-3,10-13,15-16H2/t19-/m0/s1. The molecule has 1 aromatic heterocycles. The van der Waals surface area contributed by atoms with Gasteiger partial charge < -0.3 is 19.2 Å². The highest BCUT2D eigenvalue weighted by atomic mass is 19.1. The van der Waals surface area contributed by atoms with Crippen LogP contribution in [0.25, 0.3) is 11.0 Å². The molecule has 6 nitrogen and oxygen atoms in total. The van der Waals surface area contributed by atoms with Crippen LogP contribution in [0.4, 0.5) is 10.1 Å². The van der Waals surface area contributed by atoms with Gasteiger partial charge in [0.05, 0.1) is 0 Å². The highest BCUT2D eigenvalue weighted by Gasteiger charge is 2.21. The van der Waals surface area contributed by atoms with Gasteiger partial charge in [-0.1, -0.05) is 0 Å². The Bertz CT molecular complexity index is 1150. The molecule has 1 aliphatic carbocycles. The first-order valence-electron chi connectivity index (χ1n) is 11.2. The summed E-state index contributed by atoms with van der Waals surface area (Å²) in [6.45, 7) is 3.98. The van der Waals surface area contributed by atoms with Crippen molar-refractivity contribution < 1.29 is 18.7 Å². The Morgan fingerprint density at radius 2 is 1.78 bits per heavy atom. The predicted molar refractivity (Wildman–Crippen MR) is 121 cm³/mol. The summed E-state index contributed by atoms with van der Waals surface area (Å²) in [7, 11) is 0. The molecule has 0 unspecified atom stereocenters. The zero-order valence-corrected chi connectivity index (χ0v) is 17.9. The molecule has 1 aliphatic heterocycles. The Labute approximate surface area is 185 Å². The number of ether oxygens (including phenoxy) is 1. The molecule has 1 N–H and O–H groups in total. The van der Waals surface area contributed by atoms with E-state index >= 15 is 0 Å². The maximum atomic E-state index is 13.1. The number of aryl methyl sites for hydroxylation is 1. The third-order valence-electron chi connectivity index (χ3n) is 6.42. The van der Waals surface area contributed by atoms with Crippen LogP contribution in [-0.4, -0.2) is 55.4 Å². The molecule has 2 aliphatic rings. The van der Waals surface area contributed by atoms with Crippen molar-refractivity contribution in [3.05, 3.63) is 69.8 Å². The zero-order valence-electron chi connectivity index (χ0n) is 17.9. The maximum absolute atomic E-state index is 13.1. The quantitative estimate of drug-likeness (QED) is 0.597. The number of β-amino-alcohol motifs (C(OH)–C–C–N with tert-alkyl or cyclic N) is 1. The molecule has 168 valence electrons. The summed E-state index contributed by atoms with van der Waals surface area (Å²) in [5.41, 5.74) is 3.22. The van der Waals surface area contributed by atoms with Gasteiger partial charge in [0.2, 0.25) is 0 Å². The summed E-state index contributed by atoms with van der Waals surface area (Å²) in [6, 6.07) is 12.1. The van der Waals surface area contributed by atoms with Gasteiger partial charge in [0.1, 0.15) is 29.9 Å². The van der Waals surface area contributed by atoms with Gasteiger partial charge in [0, 0.05) is 55.4 Å². The van der Waals surface area contributed by atoms with Crippen LogP contribution in [0.1, 0.15) is 17.5 Å². The van der Waals surface area contributed by atoms with Crippen LogP contribution in [-0.2, 0) is 12.8 Å². The third kappa shape index (κ3) is 4.36. The maximum Gasteiger partial charge on any atom is 0.339 e. The Hall–Kier alpha value is -2.90. The fourth-order valence-electron chi connectivity index (χ4n) is 4.74. The molecule has 3 aromatic rings. The largest absolute Gasteiger partial charge is 0.491 e. The first kappa shape index (κ1) is 21.0. The van der Waals surface area contributed by atoms with Gasteiger partial charge in [0.25, 0.3) is 0 Å². The number of rotatable bonds is 6. The number of fused-ring (bicyclic) bond motifs is 3. The summed E-state index contributed by atoms with van der Waals surface area (Å²) in [4.78, 5) is 16.6. The van der Waals surface area contributed by atoms with Gasteiger partial charge in [-0.15, -0.1) is 0 Å². The molecule has 0 amide bonds. The molecule has 1 saturated heterocycles. The molecule has 0 saturated carbocycles. The van der Waals surface area contributed by atoms with Crippen LogP contribution in [0.3, 0.4) is 0 Å². The number of halogens is 1. The number of nitrogens with zero attached hydrogens (tertiary/aromatic N) is 2. The molecule has 0 bridgehead atoms. The van der Waals surface area contributed by atoms with Gasteiger partial charge >= 0.3 is 5.63 Å². The van der Waals surface area contributed by atoms with E-state index in [1.807, 2.05) is 12.1 Å². The molecule has 1 fully saturated rings. The van der Waals surface area contributed by atoms with E-state index in [0.717, 1.165) is 67.6 Å². The van der Waals surface area contributed by atoms with E-state index in [1.165, 1.54) is 12.1 Å². The molecule has 1 atom stereocenters. The second kappa shape index (κ2) is 8.92. The minimum atomic E-state index is -0.630. The van der Waals surface area contributed by atoms with Crippen molar-refractivity contribution >= 4 is 16.7 Å². The van der Waals surface area contributed by atoms with E-state index in [1.54, 1.807) is 18.2 Å². The number of hydrogen-bond donors (Lipinski definition) is 1. The summed E-state index contributed by atoms with van der Waals surface area (Å²) in [6.07, 6.45) is 2.05. The summed E-state index contributed by atoms with van der Waals surface area (Å²) in [5.74, 6) is 0.353. The van der Waals surface area contributed by atoms with E-state index in [9.17, 15) is 14.3 Å². The lowest BCUT2D eigenvalue weighted by molar-refractivity contribution is 0.0663. The first-order chi connectivity index (χ1) is 15.6. The number of piperazine rings is 1. The Morgan fingerprint density at radius 1 is 1.03 bits per heavy atom. The highest BCUT2D eigenvalue weighted by Crippen LogP contribution is 2.29. The predicted octanol–water partition coefficient (Wildman–Crippen LogP) is 2.98. The smallest absolute Gasteiger partial charge is 0.339 e. The fourth-order valence-corrected chi connectivity index (χ4v) is 4.74. The van der Waals surface area contributed by atoms with Crippen LogP contribution in [0, 0.1) is 5.82 Å². The van der Waals surface area contributed by atoms with Gasteiger partial charge in [0.15, 0.2) is 0 Å². The lowest BCUT2D eigenvalue weighted by Gasteiger charge is -2.36. The number of aliphatic hydroxyl groups is 1. The van der Waals surface area contributed by atoms with Gasteiger partial charge in [-0.25, -0.2) is 9.18 Å². The van der Waals surface area contributed by atoms with E-state index < -0.39 is 6.10 Å². The van der Waals surface area contributed by atoms with Crippen LogP contribution in [0.5, 0.6) is 5.75 Å². The van der Waals surface area contributed by atoms with E-state index in [-0.39, 0.29) is 18.0 Å². The van der Waals surface area contributed by atoms with Crippen LogP contribution in [0.15, 0.2) is 51.7 Å². The van der Waals surface area contributed by atoms with Gasteiger partial charge in [-0.05, 0) is 61.2 Å². The van der Waals surface area contributed by atoms with Gasteiger partial charge in [-0.3, -0.25) is 4.90 Å². The molecule has 2 aromatic carbocycles. The average molecular weight is 438 g/mol. The van der Waals surface area contributed by atoms with Crippen molar-refractivity contribution in [2.45, 2.75) is 25.4 Å². The minimum absolute atomic E-state index is 0.166. The van der Waals surface area contributed by atoms with Crippen LogP contribution < -0.4 is 15.3 Å². The average Bonchev–Trinajstić information content (AvgIpc) is 3.30. The Morgan fingerprint density at radius 3 is 2.56 bits per heavy atom. The second-order valence-electron chi connectivity index (χ2n) is 8.59. The van der Waals surface area contributed by atoms with Crippen LogP contribution >= 0.6 is 0 Å². The normalized spacial score (nSPS) is 17.5. The first-order valence-corrected chi connectivity index (χ1v) is 11.2. The highest BCUT2D eigenvalue weighted by molar-refractivity contribution is 5.83. The molecular weight excluding hydrogens is 411 g/mol. The number of hydrogen-bond acceptors (Lipinski definition) is 6. The van der Waals surface area contributed by atoms with Gasteiger partial charge in [-0.2, -0.15) is 0 Å². The lowest BCUT2D eigenvalue weighted by Crippen LogP contribution is -2.49. The van der Waals surface area contributed by atoms with E-state index in [0.29, 0.717) is 17.9 Å². The van der Waals surface area contributed by atoms with Crippen molar-refractivity contribution in [3.8, 4) is 5.75 Å². The van der Waals surface area contributed by atoms with E-state index in [4.69, 9.17) is 9.15 Å². The summed E-state index contributed by atoms with van der Waals surface area (Å²) in [5, 5.41) is 11.4. The zero-order chi connectivity index (χ0) is 22.1. The van der Waals surface area contributed by atoms with Crippen molar-refractivity contribution in [1.29, 1.82) is 0 Å². The number of aliphatic hydroxyl groups excluding tert-OH is 1. The Balaban J connectivity index is 1.14. The molecule has 7 heteroatoms. The topological polar surface area (TPSA) is 66.2 Å². The van der Waals surface area contributed by atoms with Crippen molar-refractivity contribution in [3.63, 3.8) is 0 Å². The second-order valence-corrected chi connectivity index (χ2v) is 8.59. The summed E-state index contributed by atoms with van der Waals surface area (Å²) < 4.78 is 24.4. The van der Waals surface area contributed by atoms with E-state index in [2.05, 4.69) is 9.80 Å². The lowest BCUT2D eigenvalue weighted by atomic mass is 10.1. The third-order valence-corrected chi connectivity index (χ3v) is 6.42. The number of benzene rings is 2. The molecule has 0 spiro atoms. The summed E-state index contributed by atoms with van der Waals surface area (Å²) >= 11 is 0.